The summed E-state index contributed by atoms with van der Waals surface area (Å²) in [6.45, 7) is 4.53. The molecule has 0 amide bonds. The molecule has 0 radical (unpaired) electrons. The van der Waals surface area contributed by atoms with Gasteiger partial charge in [0.05, 0.1) is 0 Å². The van der Waals surface area contributed by atoms with Crippen LogP contribution in [0.3, 0.4) is 0 Å². The Morgan fingerprint density at radius 1 is 0.333 bits per heavy atom. The molecule has 0 fully saturated rings. The van der Waals surface area contributed by atoms with Crippen LogP contribution in [0.5, 0.6) is 0 Å². The largest absolute Gasteiger partial charge is 0.366 e. The summed E-state index contributed by atoms with van der Waals surface area (Å²) < 4.78 is 0. The summed E-state index contributed by atoms with van der Waals surface area (Å²) in [7, 11) is 0. The van der Waals surface area contributed by atoms with E-state index < -0.39 is 5.79 Å². The maximum atomic E-state index is 10.1. The van der Waals surface area contributed by atoms with Crippen molar-refractivity contribution in [2.24, 2.45) is 0 Å². The molecule has 0 aromatic heterocycles. The van der Waals surface area contributed by atoms with Gasteiger partial charge < -0.3 is 10.2 Å². The van der Waals surface area contributed by atoms with Crippen LogP contribution in [0.15, 0.2) is 0 Å². The molecule has 0 spiro atoms. The van der Waals surface area contributed by atoms with Gasteiger partial charge in [-0.3, -0.25) is 0 Å². The Morgan fingerprint density at radius 2 is 0.533 bits per heavy atom. The summed E-state index contributed by atoms with van der Waals surface area (Å²) in [6.07, 6.45) is 31.4. The molecule has 0 bridgehead atoms. The van der Waals surface area contributed by atoms with E-state index in [2.05, 4.69) is 13.8 Å². The first-order valence-electron chi connectivity index (χ1n) is 14.1. The molecule has 0 aliphatic heterocycles. The first kappa shape index (κ1) is 29.9. The number of hydrogen-bond acceptors (Lipinski definition) is 2. The molecular formula is C28H58O2. The van der Waals surface area contributed by atoms with Crippen molar-refractivity contribution in [2.75, 3.05) is 0 Å². The zero-order chi connectivity index (χ0) is 22.2. The maximum Gasteiger partial charge on any atom is 0.162 e. The Balaban J connectivity index is 3.25. The maximum absolute atomic E-state index is 10.1. The highest BCUT2D eigenvalue weighted by Gasteiger charge is 2.21. The summed E-state index contributed by atoms with van der Waals surface area (Å²) in [5.41, 5.74) is 0. The Hall–Kier alpha value is -0.0800. The predicted molar refractivity (Wildman–Crippen MR) is 134 cm³/mol. The average Bonchev–Trinajstić information content (AvgIpc) is 2.72. The van der Waals surface area contributed by atoms with Crippen molar-refractivity contribution in [3.05, 3.63) is 0 Å². The lowest BCUT2D eigenvalue weighted by atomic mass is 9.99. The van der Waals surface area contributed by atoms with E-state index in [9.17, 15) is 10.2 Å². The van der Waals surface area contributed by atoms with E-state index in [0.29, 0.717) is 12.8 Å². The van der Waals surface area contributed by atoms with Crippen LogP contribution >= 0.6 is 0 Å². The normalized spacial score (nSPS) is 12.0. The van der Waals surface area contributed by atoms with E-state index in [4.69, 9.17) is 0 Å². The third-order valence-electron chi connectivity index (χ3n) is 6.61. The summed E-state index contributed by atoms with van der Waals surface area (Å²) in [6, 6.07) is 0. The molecule has 182 valence electrons. The average molecular weight is 427 g/mol. The minimum atomic E-state index is -1.42. The van der Waals surface area contributed by atoms with Crippen LogP contribution in [0.4, 0.5) is 0 Å². The predicted octanol–water partition coefficient (Wildman–Crippen LogP) is 9.46. The van der Waals surface area contributed by atoms with Crippen LogP contribution in [-0.2, 0) is 0 Å². The van der Waals surface area contributed by atoms with Gasteiger partial charge in [-0.25, -0.2) is 0 Å². The lowest BCUT2D eigenvalue weighted by Gasteiger charge is -2.21. The van der Waals surface area contributed by atoms with Gasteiger partial charge in [-0.2, -0.15) is 0 Å². The fraction of sp³-hybridized carbons (Fsp3) is 1.00. The standard InChI is InChI=1S/C28H58O2/c1-3-5-7-9-11-12-13-14-15-16-17-18-19-21-23-25-27-28(29,30)26-24-22-20-10-8-6-4-2/h29-30H,3-27H2,1-2H3. The molecule has 0 rings (SSSR count). The number of aliphatic hydroxyl groups is 2. The van der Waals surface area contributed by atoms with E-state index in [1.165, 1.54) is 122 Å². The van der Waals surface area contributed by atoms with Gasteiger partial charge in [0.1, 0.15) is 0 Å². The van der Waals surface area contributed by atoms with Gasteiger partial charge in [0, 0.05) is 12.8 Å². The van der Waals surface area contributed by atoms with E-state index in [-0.39, 0.29) is 0 Å². The lowest BCUT2D eigenvalue weighted by molar-refractivity contribution is -0.172. The number of rotatable bonds is 25. The second kappa shape index (κ2) is 23.6. The van der Waals surface area contributed by atoms with E-state index in [1.807, 2.05) is 0 Å². The minimum absolute atomic E-state index is 0.555. The van der Waals surface area contributed by atoms with Crippen molar-refractivity contribution in [3.8, 4) is 0 Å². The SMILES string of the molecule is CCCCCCCCCCCCCCCCCCC(O)(O)CCCCCCCCC. The van der Waals surface area contributed by atoms with Crippen LogP contribution in [0, 0.1) is 0 Å². The zero-order valence-corrected chi connectivity index (χ0v) is 21.1. The minimum Gasteiger partial charge on any atom is -0.366 e. The van der Waals surface area contributed by atoms with Crippen molar-refractivity contribution < 1.29 is 10.2 Å². The van der Waals surface area contributed by atoms with Crippen LogP contribution in [0.25, 0.3) is 0 Å². The number of hydrogen-bond donors (Lipinski definition) is 2. The fourth-order valence-corrected chi connectivity index (χ4v) is 4.45. The molecule has 0 saturated carbocycles. The molecule has 0 aromatic rings. The Bertz CT molecular complexity index is 314. The quantitative estimate of drug-likeness (QED) is 0.113. The van der Waals surface area contributed by atoms with E-state index >= 15 is 0 Å². The Kier molecular flexibility index (Phi) is 23.5. The van der Waals surface area contributed by atoms with Gasteiger partial charge in [0.25, 0.3) is 0 Å². The third kappa shape index (κ3) is 24.2. The highest BCUT2D eigenvalue weighted by molar-refractivity contribution is 4.65. The second-order valence-corrected chi connectivity index (χ2v) is 9.91. The molecule has 30 heavy (non-hydrogen) atoms. The third-order valence-corrected chi connectivity index (χ3v) is 6.61. The highest BCUT2D eigenvalue weighted by Crippen LogP contribution is 2.21. The fourth-order valence-electron chi connectivity index (χ4n) is 4.45. The molecule has 2 N–H and O–H groups in total. The van der Waals surface area contributed by atoms with Crippen molar-refractivity contribution in [1.29, 1.82) is 0 Å². The highest BCUT2D eigenvalue weighted by atomic mass is 16.5. The van der Waals surface area contributed by atoms with Crippen LogP contribution < -0.4 is 0 Å². The summed E-state index contributed by atoms with van der Waals surface area (Å²) in [4.78, 5) is 0. The van der Waals surface area contributed by atoms with Gasteiger partial charge in [-0.15, -0.1) is 0 Å². The zero-order valence-electron chi connectivity index (χ0n) is 21.1. The van der Waals surface area contributed by atoms with Crippen LogP contribution in [0.2, 0.25) is 0 Å². The van der Waals surface area contributed by atoms with Crippen LogP contribution in [-0.4, -0.2) is 16.0 Å². The monoisotopic (exact) mass is 426 g/mol. The first-order valence-corrected chi connectivity index (χ1v) is 14.1. The molecule has 0 unspecified atom stereocenters. The first-order chi connectivity index (χ1) is 14.6. The molecule has 0 saturated heterocycles. The van der Waals surface area contributed by atoms with Gasteiger partial charge in [0.15, 0.2) is 5.79 Å². The number of unbranched alkanes of at least 4 members (excludes halogenated alkanes) is 21. The van der Waals surface area contributed by atoms with Gasteiger partial charge in [0.2, 0.25) is 0 Å². The topological polar surface area (TPSA) is 40.5 Å². The summed E-state index contributed by atoms with van der Waals surface area (Å²) in [5, 5.41) is 20.3. The summed E-state index contributed by atoms with van der Waals surface area (Å²) >= 11 is 0. The molecule has 0 aliphatic rings. The van der Waals surface area contributed by atoms with Gasteiger partial charge in [-0.05, 0) is 12.8 Å². The molecule has 0 aromatic carbocycles. The van der Waals surface area contributed by atoms with E-state index in [0.717, 1.165) is 25.7 Å². The second-order valence-electron chi connectivity index (χ2n) is 9.91. The molecular weight excluding hydrogens is 368 g/mol. The molecule has 0 atom stereocenters. The van der Waals surface area contributed by atoms with E-state index in [1.54, 1.807) is 0 Å². The molecule has 2 nitrogen and oxygen atoms in total. The van der Waals surface area contributed by atoms with Crippen molar-refractivity contribution in [2.45, 2.75) is 180 Å². The Labute approximate surface area is 190 Å². The van der Waals surface area contributed by atoms with Crippen LogP contribution in [0.1, 0.15) is 174 Å². The molecule has 2 heteroatoms. The van der Waals surface area contributed by atoms with Crippen molar-refractivity contribution in [3.63, 3.8) is 0 Å². The molecule has 0 aliphatic carbocycles. The smallest absolute Gasteiger partial charge is 0.162 e. The van der Waals surface area contributed by atoms with Crippen molar-refractivity contribution in [1.82, 2.24) is 0 Å². The van der Waals surface area contributed by atoms with Gasteiger partial charge in [-0.1, -0.05) is 149 Å². The molecule has 0 heterocycles. The lowest BCUT2D eigenvalue weighted by Crippen LogP contribution is -2.27. The Morgan fingerprint density at radius 3 is 0.767 bits per heavy atom. The van der Waals surface area contributed by atoms with Gasteiger partial charge >= 0.3 is 0 Å². The van der Waals surface area contributed by atoms with Crippen molar-refractivity contribution >= 4 is 0 Å². The summed E-state index contributed by atoms with van der Waals surface area (Å²) in [5.74, 6) is -1.42.